The van der Waals surface area contributed by atoms with Crippen LogP contribution in [0.4, 0.5) is 15.3 Å². The van der Waals surface area contributed by atoms with Gasteiger partial charge in [-0.05, 0) is 32.9 Å². The summed E-state index contributed by atoms with van der Waals surface area (Å²) in [4.78, 5) is 77.7. The molecule has 0 radical (unpaired) electrons. The van der Waals surface area contributed by atoms with Crippen LogP contribution in [0.25, 0.3) is 0 Å². The van der Waals surface area contributed by atoms with Gasteiger partial charge in [-0.3, -0.25) is 9.59 Å². The number of para-hydroxylation sites is 1. The summed E-state index contributed by atoms with van der Waals surface area (Å²) in [6.07, 6.45) is 0. The predicted molar refractivity (Wildman–Crippen MR) is 121 cm³/mol. The topological polar surface area (TPSA) is 189 Å². The van der Waals surface area contributed by atoms with E-state index in [-0.39, 0.29) is 18.0 Å². The fourth-order valence-electron chi connectivity index (χ4n) is 4.12. The highest BCUT2D eigenvalue weighted by Crippen LogP contribution is 2.52. The predicted octanol–water partition coefficient (Wildman–Crippen LogP) is 0.261. The SMILES string of the molecule is CCOC(=O)C1=C(C)N(NC(N)=O)C(=O)C12C(=O)N(NC(=O)Nc1ccccc1)C(C)=C2C(=O)OC. The molecule has 1 aromatic carbocycles. The molecule has 5 N–H and O–H groups in total. The van der Waals surface area contributed by atoms with Crippen LogP contribution in [0.3, 0.4) is 0 Å². The molecule has 1 unspecified atom stereocenters. The smallest absolute Gasteiger partial charge is 0.338 e. The third-order valence-corrected chi connectivity index (χ3v) is 5.53. The molecule has 0 fully saturated rings. The Bertz CT molecular complexity index is 1220. The lowest BCUT2D eigenvalue weighted by atomic mass is 9.74. The fourth-order valence-corrected chi connectivity index (χ4v) is 4.12. The summed E-state index contributed by atoms with van der Waals surface area (Å²) >= 11 is 0. The first-order valence-electron chi connectivity index (χ1n) is 10.6. The van der Waals surface area contributed by atoms with Gasteiger partial charge in [0.05, 0.1) is 36.3 Å². The van der Waals surface area contributed by atoms with Crippen LogP contribution in [0.2, 0.25) is 0 Å². The maximum absolute atomic E-state index is 13.9. The number of anilines is 1. The lowest BCUT2D eigenvalue weighted by Crippen LogP contribution is -2.55. The summed E-state index contributed by atoms with van der Waals surface area (Å²) in [6.45, 7) is 3.90. The van der Waals surface area contributed by atoms with Crippen LogP contribution in [-0.4, -0.2) is 59.5 Å². The Balaban J connectivity index is 2.16. The summed E-state index contributed by atoms with van der Waals surface area (Å²) in [5.74, 6) is -4.60. The quantitative estimate of drug-likeness (QED) is 0.316. The van der Waals surface area contributed by atoms with E-state index in [1.165, 1.54) is 20.8 Å². The minimum absolute atomic E-state index is 0.130. The van der Waals surface area contributed by atoms with Gasteiger partial charge in [-0.1, -0.05) is 18.2 Å². The number of nitrogens with zero attached hydrogens (tertiary/aromatic N) is 2. The first-order valence-corrected chi connectivity index (χ1v) is 10.6. The van der Waals surface area contributed by atoms with E-state index >= 15 is 0 Å². The van der Waals surface area contributed by atoms with Crippen molar-refractivity contribution in [3.8, 4) is 0 Å². The fraction of sp³-hybridized carbons (Fsp3) is 0.273. The first-order chi connectivity index (χ1) is 17.0. The molecular weight excluding hydrogens is 476 g/mol. The van der Waals surface area contributed by atoms with Crippen molar-refractivity contribution in [2.24, 2.45) is 11.1 Å². The monoisotopic (exact) mass is 500 g/mol. The van der Waals surface area contributed by atoms with Gasteiger partial charge in [-0.2, -0.15) is 0 Å². The van der Waals surface area contributed by atoms with Crippen LogP contribution >= 0.6 is 0 Å². The van der Waals surface area contributed by atoms with Gasteiger partial charge in [0.25, 0.3) is 11.8 Å². The van der Waals surface area contributed by atoms with Gasteiger partial charge >= 0.3 is 24.0 Å². The lowest BCUT2D eigenvalue weighted by Gasteiger charge is -2.27. The number of carbonyl (C=O) groups excluding carboxylic acids is 6. The van der Waals surface area contributed by atoms with Crippen molar-refractivity contribution >= 4 is 41.5 Å². The Kier molecular flexibility index (Phi) is 6.99. The number of hydrazine groups is 2. The first kappa shape index (κ1) is 25.7. The average Bonchev–Trinajstić information content (AvgIpc) is 3.17. The number of rotatable bonds is 6. The molecule has 1 spiro atoms. The number of benzene rings is 1. The molecule has 36 heavy (non-hydrogen) atoms. The van der Waals surface area contributed by atoms with Gasteiger partial charge in [0.1, 0.15) is 0 Å². The van der Waals surface area contributed by atoms with Crippen molar-refractivity contribution in [1.29, 1.82) is 0 Å². The molecule has 0 aromatic heterocycles. The van der Waals surface area contributed by atoms with E-state index in [0.717, 1.165) is 7.11 Å². The minimum atomic E-state index is -2.63. The molecular formula is C22H24N6O8. The third kappa shape index (κ3) is 3.97. The molecule has 14 heteroatoms. The molecule has 2 aliphatic rings. The van der Waals surface area contributed by atoms with Crippen molar-refractivity contribution in [2.45, 2.75) is 20.8 Å². The van der Waals surface area contributed by atoms with E-state index in [0.29, 0.717) is 15.7 Å². The van der Waals surface area contributed by atoms with Gasteiger partial charge < -0.3 is 20.5 Å². The highest BCUT2D eigenvalue weighted by molar-refractivity contribution is 6.27. The lowest BCUT2D eigenvalue weighted by molar-refractivity contribution is -0.153. The Morgan fingerprint density at radius 2 is 1.44 bits per heavy atom. The zero-order valence-corrected chi connectivity index (χ0v) is 19.8. The van der Waals surface area contributed by atoms with E-state index in [1.54, 1.807) is 30.3 Å². The van der Waals surface area contributed by atoms with Crippen LogP contribution in [0.15, 0.2) is 52.9 Å². The van der Waals surface area contributed by atoms with Crippen molar-refractivity contribution in [3.05, 3.63) is 52.9 Å². The second-order valence-corrected chi connectivity index (χ2v) is 7.57. The van der Waals surface area contributed by atoms with E-state index in [4.69, 9.17) is 15.2 Å². The number of nitrogens with one attached hydrogen (secondary N) is 3. The van der Waals surface area contributed by atoms with Crippen LogP contribution in [0, 0.1) is 5.41 Å². The van der Waals surface area contributed by atoms with E-state index in [1.807, 2.05) is 5.43 Å². The Labute approximate surface area is 205 Å². The average molecular weight is 500 g/mol. The number of methoxy groups -OCH3 is 1. The summed E-state index contributed by atoms with van der Waals surface area (Å²) in [5, 5.41) is 3.74. The molecule has 2 aliphatic heterocycles. The largest absolute Gasteiger partial charge is 0.466 e. The summed E-state index contributed by atoms with van der Waals surface area (Å²) in [5.41, 5.74) is 5.75. The molecule has 1 aromatic rings. The van der Waals surface area contributed by atoms with Crippen LogP contribution in [0.1, 0.15) is 20.8 Å². The van der Waals surface area contributed by atoms with Crippen molar-refractivity contribution in [3.63, 3.8) is 0 Å². The van der Waals surface area contributed by atoms with Gasteiger partial charge in [0, 0.05) is 5.69 Å². The highest BCUT2D eigenvalue weighted by Gasteiger charge is 2.70. The van der Waals surface area contributed by atoms with Crippen LogP contribution in [0.5, 0.6) is 0 Å². The molecule has 0 bridgehead atoms. The van der Waals surface area contributed by atoms with Crippen molar-refractivity contribution < 1.29 is 38.2 Å². The number of nitrogens with two attached hydrogens (primary N) is 1. The standard InChI is InChI=1S/C22H24N6O8/c1-5-36-17(30)15-12(3)27(25-20(23)33)18(31)22(15)14(16(29)35-4)11(2)28(19(22)32)26-21(34)24-13-9-7-6-8-10-13/h6-10H,5H2,1-4H3,(H3,23,25,33)(H2,24,26,34). The van der Waals surface area contributed by atoms with E-state index in [9.17, 15) is 28.8 Å². The number of carbonyl (C=O) groups is 6. The van der Waals surface area contributed by atoms with Crippen LogP contribution < -0.4 is 21.9 Å². The number of urea groups is 2. The summed E-state index contributed by atoms with van der Waals surface area (Å²) in [6, 6.07) is 6.20. The van der Waals surface area contributed by atoms with Crippen molar-refractivity contribution in [2.75, 3.05) is 19.0 Å². The second-order valence-electron chi connectivity index (χ2n) is 7.57. The molecule has 1 atom stereocenters. The number of primary amides is 1. The Hall–Kier alpha value is -4.88. The van der Waals surface area contributed by atoms with Gasteiger partial charge in [-0.25, -0.2) is 40.0 Å². The number of hydrogen-bond acceptors (Lipinski definition) is 8. The zero-order chi connectivity index (χ0) is 26.8. The molecule has 6 amide bonds. The van der Waals surface area contributed by atoms with Gasteiger partial charge in [0.2, 0.25) is 0 Å². The van der Waals surface area contributed by atoms with Crippen molar-refractivity contribution in [1.82, 2.24) is 20.9 Å². The molecule has 3 rings (SSSR count). The maximum atomic E-state index is 13.9. The van der Waals surface area contributed by atoms with Gasteiger partial charge in [-0.15, -0.1) is 0 Å². The Morgan fingerprint density at radius 3 is 1.94 bits per heavy atom. The van der Waals surface area contributed by atoms with Gasteiger partial charge in [0.15, 0.2) is 5.41 Å². The number of allylic oxidation sites excluding steroid dienone is 2. The molecule has 2 heterocycles. The summed E-state index contributed by atoms with van der Waals surface area (Å²) < 4.78 is 9.88. The molecule has 0 saturated heterocycles. The minimum Gasteiger partial charge on any atom is -0.466 e. The normalized spacial score (nSPS) is 19.1. The number of ether oxygens (including phenoxy) is 2. The highest BCUT2D eigenvalue weighted by atomic mass is 16.5. The van der Waals surface area contributed by atoms with Crippen LogP contribution in [-0.2, 0) is 28.7 Å². The van der Waals surface area contributed by atoms with E-state index < -0.39 is 52.4 Å². The number of amides is 6. The molecule has 0 aliphatic carbocycles. The number of esters is 2. The molecule has 14 nitrogen and oxygen atoms in total. The van der Waals surface area contributed by atoms with E-state index in [2.05, 4.69) is 10.7 Å². The molecule has 190 valence electrons. The zero-order valence-electron chi connectivity index (χ0n) is 19.8. The Morgan fingerprint density at radius 1 is 0.917 bits per heavy atom. The molecule has 0 saturated carbocycles. The third-order valence-electron chi connectivity index (χ3n) is 5.53. The number of hydrogen-bond donors (Lipinski definition) is 4. The summed E-state index contributed by atoms with van der Waals surface area (Å²) in [7, 11) is 1.01. The maximum Gasteiger partial charge on any atom is 0.338 e. The second kappa shape index (κ2) is 9.77.